The van der Waals surface area contributed by atoms with Crippen molar-refractivity contribution < 1.29 is 4.79 Å². The molecule has 2 heterocycles. The van der Waals surface area contributed by atoms with Crippen LogP contribution in [0, 0.1) is 0 Å². The Labute approximate surface area is 249 Å². The maximum atomic E-state index is 12.4. The minimum atomic E-state index is -0.301. The summed E-state index contributed by atoms with van der Waals surface area (Å²) in [5.74, 6) is -0.0531. The first-order valence-electron chi connectivity index (χ1n) is 11.2. The average molecular weight is 619 g/mol. The molecule has 0 spiro atoms. The molecule has 0 fully saturated rings. The zero-order valence-electron chi connectivity index (χ0n) is 19.7. The van der Waals surface area contributed by atoms with Crippen LogP contribution in [-0.4, -0.2) is 25.8 Å². The number of carbonyl (C=O) groups is 1. The highest BCUT2D eigenvalue weighted by Gasteiger charge is 2.13. The number of benzene rings is 3. The van der Waals surface area contributed by atoms with Gasteiger partial charge in [0.25, 0.3) is 5.91 Å². The van der Waals surface area contributed by atoms with E-state index in [4.69, 9.17) is 58.0 Å². The molecule has 39 heavy (non-hydrogen) atoms. The third-order valence-corrected chi connectivity index (χ3v) is 6.26. The van der Waals surface area contributed by atoms with Crippen molar-refractivity contribution in [1.82, 2.24) is 19.9 Å². The van der Waals surface area contributed by atoms with Crippen LogP contribution in [0.3, 0.4) is 0 Å². The summed E-state index contributed by atoms with van der Waals surface area (Å²) < 4.78 is 0. The van der Waals surface area contributed by atoms with Gasteiger partial charge < -0.3 is 10.6 Å². The van der Waals surface area contributed by atoms with Crippen LogP contribution >= 0.6 is 58.0 Å². The number of rotatable bonds is 5. The molecule has 0 aliphatic carbocycles. The third-order valence-electron chi connectivity index (χ3n) is 5.04. The van der Waals surface area contributed by atoms with E-state index in [1.807, 2.05) is 60.7 Å². The van der Waals surface area contributed by atoms with Gasteiger partial charge >= 0.3 is 0 Å². The molecule has 3 aromatic carbocycles. The Hall–Kier alpha value is -3.46. The summed E-state index contributed by atoms with van der Waals surface area (Å²) in [5.41, 5.74) is 3.56. The summed E-state index contributed by atoms with van der Waals surface area (Å²) in [6.07, 6.45) is 1.54. The van der Waals surface area contributed by atoms with E-state index in [1.54, 1.807) is 30.5 Å². The molecule has 0 unspecified atom stereocenters. The number of halogens is 5. The van der Waals surface area contributed by atoms with E-state index >= 15 is 0 Å². The van der Waals surface area contributed by atoms with Gasteiger partial charge in [0, 0.05) is 22.5 Å². The van der Waals surface area contributed by atoms with Gasteiger partial charge in [-0.05, 0) is 71.2 Å². The molecule has 196 valence electrons. The molecule has 0 saturated carbocycles. The van der Waals surface area contributed by atoms with Gasteiger partial charge in [-0.1, -0.05) is 77.3 Å². The van der Waals surface area contributed by atoms with Crippen molar-refractivity contribution in [3.05, 3.63) is 122 Å². The van der Waals surface area contributed by atoms with Gasteiger partial charge in [0.05, 0.1) is 16.3 Å². The van der Waals surface area contributed by atoms with Gasteiger partial charge in [0.15, 0.2) is 0 Å². The number of nitrogens with zero attached hydrogens (tertiary/aromatic N) is 4. The Morgan fingerprint density at radius 1 is 0.667 bits per heavy atom. The van der Waals surface area contributed by atoms with Gasteiger partial charge in [-0.25, -0.2) is 4.98 Å². The molecule has 2 N–H and O–H groups in total. The Morgan fingerprint density at radius 2 is 1.31 bits per heavy atom. The quantitative estimate of drug-likeness (QED) is 0.191. The van der Waals surface area contributed by atoms with Gasteiger partial charge in [-0.2, -0.15) is 15.0 Å². The minimum Gasteiger partial charge on any atom is -0.323 e. The number of carbonyl (C=O) groups excluding carboxylic acids is 1. The lowest BCUT2D eigenvalue weighted by atomic mass is 10.0. The van der Waals surface area contributed by atoms with Crippen LogP contribution in [0.2, 0.25) is 25.8 Å². The maximum Gasteiger partial charge on any atom is 0.258 e. The lowest BCUT2D eigenvalue weighted by Gasteiger charge is -2.12. The fourth-order valence-corrected chi connectivity index (χ4v) is 4.16. The Kier molecular flexibility index (Phi) is 9.92. The van der Waals surface area contributed by atoms with Crippen LogP contribution < -0.4 is 10.6 Å². The van der Waals surface area contributed by atoms with E-state index in [9.17, 15) is 4.79 Å². The molecule has 0 atom stereocenters. The predicted molar refractivity (Wildman–Crippen MR) is 159 cm³/mol. The summed E-state index contributed by atoms with van der Waals surface area (Å²) in [7, 11) is 0. The number of anilines is 3. The summed E-state index contributed by atoms with van der Waals surface area (Å²) in [5, 5.41) is 7.21. The standard InChI is InChI=1S/C18H12Cl2N2O.C9H5Cl3N4/c19-13-9-7-12(8-10-13)14-4-1-2-6-16(14)22-18(23)15-5-3-11-21-17(15)20;10-5-3-1-2-4-6(5)13-9-15-7(11)14-8(12)16-9/h1-11H,(H,22,23);1-4H,(H,13,14,15,16). The van der Waals surface area contributed by atoms with Crippen molar-refractivity contribution >= 4 is 81.2 Å². The number of nitrogens with one attached hydrogen (secondary N) is 2. The molecule has 0 saturated heterocycles. The first kappa shape index (κ1) is 28.5. The number of hydrogen-bond donors (Lipinski definition) is 2. The molecule has 5 aromatic rings. The molecular weight excluding hydrogens is 602 g/mol. The monoisotopic (exact) mass is 616 g/mol. The van der Waals surface area contributed by atoms with Crippen LogP contribution in [0.4, 0.5) is 17.3 Å². The van der Waals surface area contributed by atoms with Crippen LogP contribution in [0.15, 0.2) is 91.1 Å². The second-order valence-corrected chi connectivity index (χ2v) is 9.53. The van der Waals surface area contributed by atoms with E-state index < -0.39 is 0 Å². The Balaban J connectivity index is 0.000000193. The lowest BCUT2D eigenvalue weighted by Crippen LogP contribution is -2.13. The fraction of sp³-hybridized carbons (Fsp3) is 0. The number of amides is 1. The van der Waals surface area contributed by atoms with Crippen LogP contribution in [0.5, 0.6) is 0 Å². The van der Waals surface area contributed by atoms with Crippen LogP contribution in [0.1, 0.15) is 10.4 Å². The highest BCUT2D eigenvalue weighted by atomic mass is 35.5. The topological polar surface area (TPSA) is 92.7 Å². The van der Waals surface area contributed by atoms with E-state index in [-0.39, 0.29) is 27.6 Å². The molecule has 0 aliphatic rings. The van der Waals surface area contributed by atoms with Gasteiger partial charge in [-0.3, -0.25) is 4.79 Å². The number of aromatic nitrogens is 4. The number of para-hydroxylation sites is 2. The molecule has 5 rings (SSSR count). The molecule has 0 bridgehead atoms. The van der Waals surface area contributed by atoms with Crippen LogP contribution in [-0.2, 0) is 0 Å². The molecule has 0 aliphatic heterocycles. The Bertz CT molecular complexity index is 1580. The second kappa shape index (κ2) is 13.6. The third kappa shape index (κ3) is 8.02. The van der Waals surface area contributed by atoms with Crippen molar-refractivity contribution in [3.63, 3.8) is 0 Å². The smallest absolute Gasteiger partial charge is 0.258 e. The summed E-state index contributed by atoms with van der Waals surface area (Å²) in [4.78, 5) is 27.7. The van der Waals surface area contributed by atoms with E-state index in [0.29, 0.717) is 27.0 Å². The first-order valence-corrected chi connectivity index (χ1v) is 13.0. The van der Waals surface area contributed by atoms with Gasteiger partial charge in [0.1, 0.15) is 5.15 Å². The zero-order valence-corrected chi connectivity index (χ0v) is 23.5. The summed E-state index contributed by atoms with van der Waals surface area (Å²) in [6.45, 7) is 0. The van der Waals surface area contributed by atoms with Crippen molar-refractivity contribution in [3.8, 4) is 11.1 Å². The van der Waals surface area contributed by atoms with Crippen molar-refractivity contribution in [2.75, 3.05) is 10.6 Å². The molecule has 7 nitrogen and oxygen atoms in total. The zero-order chi connectivity index (χ0) is 27.8. The lowest BCUT2D eigenvalue weighted by molar-refractivity contribution is 0.102. The molecule has 0 radical (unpaired) electrons. The number of hydrogen-bond acceptors (Lipinski definition) is 6. The predicted octanol–water partition coefficient (Wildman–Crippen LogP) is 8.88. The largest absolute Gasteiger partial charge is 0.323 e. The first-order chi connectivity index (χ1) is 18.8. The minimum absolute atomic E-state index is 0.0227. The summed E-state index contributed by atoms with van der Waals surface area (Å²) >= 11 is 29.1. The van der Waals surface area contributed by atoms with E-state index in [2.05, 4.69) is 30.6 Å². The van der Waals surface area contributed by atoms with Crippen LogP contribution in [0.25, 0.3) is 11.1 Å². The van der Waals surface area contributed by atoms with Crippen molar-refractivity contribution in [1.29, 1.82) is 0 Å². The molecule has 1 amide bonds. The highest BCUT2D eigenvalue weighted by Crippen LogP contribution is 2.29. The number of pyridine rings is 1. The van der Waals surface area contributed by atoms with E-state index in [1.165, 1.54) is 0 Å². The SMILES string of the molecule is Clc1nc(Cl)nc(Nc2ccccc2Cl)n1.O=C(Nc1ccccc1-c1ccc(Cl)cc1)c1cccnc1Cl. The normalized spacial score (nSPS) is 10.3. The molecule has 12 heteroatoms. The van der Waals surface area contributed by atoms with Gasteiger partial charge in [-0.15, -0.1) is 0 Å². The molecule has 2 aromatic heterocycles. The second-order valence-electron chi connectivity index (χ2n) is 7.65. The van der Waals surface area contributed by atoms with Crippen molar-refractivity contribution in [2.24, 2.45) is 0 Å². The summed E-state index contributed by atoms with van der Waals surface area (Å²) in [6, 6.07) is 25.5. The average Bonchev–Trinajstić information content (AvgIpc) is 2.91. The van der Waals surface area contributed by atoms with Crippen molar-refractivity contribution in [2.45, 2.75) is 0 Å². The highest BCUT2D eigenvalue weighted by molar-refractivity contribution is 6.34. The van der Waals surface area contributed by atoms with E-state index in [0.717, 1.165) is 11.1 Å². The van der Waals surface area contributed by atoms with Gasteiger partial charge in [0.2, 0.25) is 16.5 Å². The maximum absolute atomic E-state index is 12.4. The Morgan fingerprint density at radius 3 is 1.97 bits per heavy atom. The molecular formula is C27H17Cl5N6O. The fourth-order valence-electron chi connectivity index (χ4n) is 3.28.